The summed E-state index contributed by atoms with van der Waals surface area (Å²) in [5, 5.41) is 6.50. The topological polar surface area (TPSA) is 71.9 Å². The lowest BCUT2D eigenvalue weighted by molar-refractivity contribution is 0.277. The fraction of sp³-hybridized carbons (Fsp3) is 0.455. The van der Waals surface area contributed by atoms with E-state index in [1.54, 1.807) is 26.6 Å². The van der Waals surface area contributed by atoms with Crippen molar-refractivity contribution in [1.29, 1.82) is 5.26 Å². The fourth-order valence-corrected chi connectivity index (χ4v) is 0.932. The Morgan fingerprint density at radius 1 is 1.47 bits per heavy atom. The van der Waals surface area contributed by atoms with Crippen LogP contribution in [-0.4, -0.2) is 19.2 Å². The van der Waals surface area contributed by atoms with Crippen molar-refractivity contribution in [3.63, 3.8) is 0 Å². The molecule has 84 valence electrons. The van der Waals surface area contributed by atoms with Gasteiger partial charge in [-0.3, -0.25) is 4.98 Å². The number of pyridine rings is 1. The summed E-state index contributed by atoms with van der Waals surface area (Å²) in [6.45, 7) is 5.64. The van der Waals surface area contributed by atoms with Crippen LogP contribution in [0.15, 0.2) is 18.5 Å². The SMILES string of the molecule is C#N.CCCc1ccncc1N.COC. The fourth-order valence-electron chi connectivity index (χ4n) is 0.932. The number of ether oxygens (including phenoxy) is 1. The van der Waals surface area contributed by atoms with Crippen molar-refractivity contribution in [2.24, 2.45) is 0 Å². The monoisotopic (exact) mass is 209 g/mol. The van der Waals surface area contributed by atoms with E-state index in [0.29, 0.717) is 0 Å². The van der Waals surface area contributed by atoms with E-state index in [-0.39, 0.29) is 0 Å². The average molecular weight is 209 g/mol. The predicted octanol–water partition coefficient (Wildman–Crippen LogP) is 2.02. The van der Waals surface area contributed by atoms with Crippen LogP contribution in [0.1, 0.15) is 18.9 Å². The second-order valence-corrected chi connectivity index (χ2v) is 2.73. The van der Waals surface area contributed by atoms with Gasteiger partial charge in [0.25, 0.3) is 0 Å². The molecule has 0 unspecified atom stereocenters. The molecule has 0 spiro atoms. The minimum Gasteiger partial charge on any atom is -0.397 e. The maximum Gasteiger partial charge on any atom is 0.0533 e. The first-order valence-corrected chi connectivity index (χ1v) is 4.60. The zero-order valence-corrected chi connectivity index (χ0v) is 9.60. The second-order valence-electron chi connectivity index (χ2n) is 2.73. The minimum absolute atomic E-state index is 0.810. The average Bonchev–Trinajstić information content (AvgIpc) is 2.26. The molecule has 1 rings (SSSR count). The maximum absolute atomic E-state index is 6.50. The predicted molar refractivity (Wildman–Crippen MR) is 62.2 cm³/mol. The molecule has 0 saturated carbocycles. The lowest BCUT2D eigenvalue weighted by atomic mass is 10.1. The van der Waals surface area contributed by atoms with E-state index in [0.717, 1.165) is 18.5 Å². The van der Waals surface area contributed by atoms with E-state index >= 15 is 0 Å². The molecule has 0 bridgehead atoms. The third-order valence-corrected chi connectivity index (χ3v) is 1.47. The molecule has 0 amide bonds. The first-order chi connectivity index (χ1) is 7.26. The number of nitrogens with two attached hydrogens (primary N) is 1. The van der Waals surface area contributed by atoms with Crippen LogP contribution < -0.4 is 5.73 Å². The molecule has 0 radical (unpaired) electrons. The quantitative estimate of drug-likeness (QED) is 0.808. The first-order valence-electron chi connectivity index (χ1n) is 4.60. The van der Waals surface area contributed by atoms with Gasteiger partial charge in [-0.25, -0.2) is 5.26 Å². The molecule has 4 heteroatoms. The molecule has 1 aromatic rings. The van der Waals surface area contributed by atoms with E-state index in [4.69, 9.17) is 11.0 Å². The van der Waals surface area contributed by atoms with Gasteiger partial charge in [-0.2, -0.15) is 0 Å². The third kappa shape index (κ3) is 8.72. The van der Waals surface area contributed by atoms with Crippen LogP contribution in [0, 0.1) is 11.8 Å². The van der Waals surface area contributed by atoms with Crippen LogP contribution in [0.4, 0.5) is 5.69 Å². The van der Waals surface area contributed by atoms with Gasteiger partial charge < -0.3 is 10.5 Å². The summed E-state index contributed by atoms with van der Waals surface area (Å²) in [4.78, 5) is 3.90. The number of nitrogen functional groups attached to an aromatic ring is 1. The molecule has 15 heavy (non-hydrogen) atoms. The smallest absolute Gasteiger partial charge is 0.0533 e. The van der Waals surface area contributed by atoms with Gasteiger partial charge in [-0.05, 0) is 18.1 Å². The second kappa shape index (κ2) is 12.4. The number of hydrogen-bond acceptors (Lipinski definition) is 4. The Bertz CT molecular complexity index is 261. The van der Waals surface area contributed by atoms with Gasteiger partial charge in [-0.1, -0.05) is 13.3 Å². The Morgan fingerprint density at radius 2 is 2.00 bits per heavy atom. The van der Waals surface area contributed by atoms with Gasteiger partial charge in [0.1, 0.15) is 0 Å². The number of aryl methyl sites for hydroxylation is 1. The largest absolute Gasteiger partial charge is 0.397 e. The number of nitriles is 1. The summed E-state index contributed by atoms with van der Waals surface area (Å²) < 4.78 is 4.25. The third-order valence-electron chi connectivity index (χ3n) is 1.47. The summed E-state index contributed by atoms with van der Waals surface area (Å²) in [5.41, 5.74) is 7.66. The van der Waals surface area contributed by atoms with E-state index < -0.39 is 0 Å². The highest BCUT2D eigenvalue weighted by molar-refractivity contribution is 5.43. The van der Waals surface area contributed by atoms with Crippen molar-refractivity contribution in [2.75, 3.05) is 20.0 Å². The molecule has 1 aromatic heterocycles. The molecule has 4 nitrogen and oxygen atoms in total. The van der Waals surface area contributed by atoms with Crippen LogP contribution in [0.2, 0.25) is 0 Å². The minimum atomic E-state index is 0.810. The summed E-state index contributed by atoms with van der Waals surface area (Å²) in [7, 11) is 3.25. The molecule has 2 N–H and O–H groups in total. The Kier molecular flexibility index (Phi) is 13.1. The van der Waals surface area contributed by atoms with Crippen LogP contribution in [-0.2, 0) is 11.2 Å². The summed E-state index contributed by atoms with van der Waals surface area (Å²) in [6, 6.07) is 1.97. The number of nitrogens with zero attached hydrogens (tertiary/aromatic N) is 2. The van der Waals surface area contributed by atoms with E-state index in [1.165, 1.54) is 5.56 Å². The Morgan fingerprint density at radius 3 is 2.40 bits per heavy atom. The number of anilines is 1. The Balaban J connectivity index is 0. The normalized spacial score (nSPS) is 7.80. The molecule has 1 heterocycles. The molecule has 0 saturated heterocycles. The van der Waals surface area contributed by atoms with E-state index in [2.05, 4.69) is 23.2 Å². The molecule has 0 fully saturated rings. The summed E-state index contributed by atoms with van der Waals surface area (Å²) in [6.07, 6.45) is 5.66. The highest BCUT2D eigenvalue weighted by atomic mass is 16.4. The zero-order chi connectivity index (χ0) is 12.1. The molecular weight excluding hydrogens is 190 g/mol. The molecule has 0 aliphatic rings. The van der Waals surface area contributed by atoms with Gasteiger partial charge in [0.15, 0.2) is 0 Å². The van der Waals surface area contributed by atoms with Gasteiger partial charge in [0.05, 0.1) is 11.9 Å². The summed E-state index contributed by atoms with van der Waals surface area (Å²) in [5.74, 6) is 0. The summed E-state index contributed by atoms with van der Waals surface area (Å²) >= 11 is 0. The highest BCUT2D eigenvalue weighted by Crippen LogP contribution is 2.09. The lowest BCUT2D eigenvalue weighted by Gasteiger charge is -2.00. The van der Waals surface area contributed by atoms with Crippen molar-refractivity contribution < 1.29 is 4.74 Å². The highest BCUT2D eigenvalue weighted by Gasteiger charge is 1.94. The zero-order valence-electron chi connectivity index (χ0n) is 9.60. The molecular formula is C11H19N3O. The van der Waals surface area contributed by atoms with Crippen molar-refractivity contribution in [3.05, 3.63) is 24.0 Å². The van der Waals surface area contributed by atoms with Gasteiger partial charge >= 0.3 is 0 Å². The van der Waals surface area contributed by atoms with Crippen molar-refractivity contribution >= 4 is 5.69 Å². The van der Waals surface area contributed by atoms with E-state index in [1.807, 2.05) is 6.07 Å². The Labute approximate surface area is 91.7 Å². The van der Waals surface area contributed by atoms with Crippen LogP contribution in [0.3, 0.4) is 0 Å². The molecule has 0 aliphatic heterocycles. The van der Waals surface area contributed by atoms with Crippen LogP contribution in [0.5, 0.6) is 0 Å². The molecule has 0 aromatic carbocycles. The van der Waals surface area contributed by atoms with Crippen molar-refractivity contribution in [3.8, 4) is 6.57 Å². The first kappa shape index (κ1) is 15.9. The number of aromatic nitrogens is 1. The number of rotatable bonds is 2. The number of methoxy groups -OCH3 is 1. The molecule has 0 aliphatic carbocycles. The standard InChI is InChI=1S/C8H12N2.C2H6O.CHN/c1-2-3-7-4-5-10-6-8(7)9;1-3-2;1-2/h4-6H,2-3,9H2,1H3;1-2H3;1H. The van der Waals surface area contributed by atoms with Crippen LogP contribution in [0.25, 0.3) is 0 Å². The van der Waals surface area contributed by atoms with E-state index in [9.17, 15) is 0 Å². The van der Waals surface area contributed by atoms with Gasteiger partial charge in [0.2, 0.25) is 0 Å². The molecule has 0 atom stereocenters. The number of hydrogen-bond donors (Lipinski definition) is 1. The van der Waals surface area contributed by atoms with Gasteiger partial charge in [0, 0.05) is 27.0 Å². The maximum atomic E-state index is 6.50. The van der Waals surface area contributed by atoms with Crippen LogP contribution >= 0.6 is 0 Å². The lowest BCUT2D eigenvalue weighted by Crippen LogP contribution is -1.93. The van der Waals surface area contributed by atoms with Crippen molar-refractivity contribution in [2.45, 2.75) is 19.8 Å². The van der Waals surface area contributed by atoms with Gasteiger partial charge in [-0.15, -0.1) is 0 Å². The Hall–Kier alpha value is -1.60. The van der Waals surface area contributed by atoms with Crippen molar-refractivity contribution in [1.82, 2.24) is 4.98 Å².